The van der Waals surface area contributed by atoms with Crippen LogP contribution < -0.4 is 4.74 Å². The third-order valence-corrected chi connectivity index (χ3v) is 1.55. The van der Waals surface area contributed by atoms with Gasteiger partial charge in [-0.1, -0.05) is 13.8 Å². The second kappa shape index (κ2) is 4.36. The summed E-state index contributed by atoms with van der Waals surface area (Å²) in [4.78, 5) is 4.91. The van der Waals surface area contributed by atoms with E-state index in [1.807, 2.05) is 12.1 Å². The smallest absolute Gasteiger partial charge is 0.213 e. The van der Waals surface area contributed by atoms with E-state index in [2.05, 4.69) is 31.5 Å². The fourth-order valence-corrected chi connectivity index (χ4v) is 0.842. The molecular formula is C9H13NOS. The summed E-state index contributed by atoms with van der Waals surface area (Å²) < 4.78 is 5.38. The fraction of sp³-hybridized carbons (Fsp3) is 0.444. The van der Waals surface area contributed by atoms with Gasteiger partial charge in [-0.15, -0.1) is 12.6 Å². The minimum absolute atomic E-state index is 0.530. The summed E-state index contributed by atoms with van der Waals surface area (Å²) in [5.41, 5.74) is 0. The Morgan fingerprint density at radius 2 is 2.25 bits per heavy atom. The van der Waals surface area contributed by atoms with Gasteiger partial charge in [0.1, 0.15) is 0 Å². The third kappa shape index (κ3) is 3.13. The molecule has 1 heterocycles. The Kier molecular flexibility index (Phi) is 3.41. The van der Waals surface area contributed by atoms with Crippen molar-refractivity contribution in [2.75, 3.05) is 6.61 Å². The molecule has 0 aliphatic heterocycles. The van der Waals surface area contributed by atoms with Gasteiger partial charge < -0.3 is 4.74 Å². The van der Waals surface area contributed by atoms with E-state index in [1.165, 1.54) is 0 Å². The zero-order chi connectivity index (χ0) is 8.97. The van der Waals surface area contributed by atoms with Crippen LogP contribution in [0.5, 0.6) is 5.88 Å². The maximum Gasteiger partial charge on any atom is 0.213 e. The summed E-state index contributed by atoms with van der Waals surface area (Å²) in [6.45, 7) is 4.92. The predicted octanol–water partition coefficient (Wildman–Crippen LogP) is 2.41. The van der Waals surface area contributed by atoms with E-state index in [1.54, 1.807) is 6.20 Å². The number of thiol groups is 1. The molecule has 1 rings (SSSR count). The number of rotatable bonds is 3. The standard InChI is InChI=1S/C9H13NOS/c1-7(2)6-11-9-4-3-8(12)5-10-9/h3-5,7,12H,6H2,1-2H3. The van der Waals surface area contributed by atoms with E-state index in [0.29, 0.717) is 18.4 Å². The number of pyridine rings is 1. The van der Waals surface area contributed by atoms with Crippen molar-refractivity contribution in [3.05, 3.63) is 18.3 Å². The lowest BCUT2D eigenvalue weighted by molar-refractivity contribution is 0.261. The predicted molar refractivity (Wildman–Crippen MR) is 51.8 cm³/mol. The van der Waals surface area contributed by atoms with Crippen LogP contribution >= 0.6 is 12.6 Å². The molecule has 1 aromatic heterocycles. The normalized spacial score (nSPS) is 10.3. The van der Waals surface area contributed by atoms with Crippen molar-refractivity contribution in [1.82, 2.24) is 4.98 Å². The average molecular weight is 183 g/mol. The largest absolute Gasteiger partial charge is 0.477 e. The van der Waals surface area contributed by atoms with Crippen LogP contribution in [0.4, 0.5) is 0 Å². The second-order valence-electron chi connectivity index (χ2n) is 3.06. The summed E-state index contributed by atoms with van der Waals surface area (Å²) in [5.74, 6) is 1.20. The van der Waals surface area contributed by atoms with Crippen molar-refractivity contribution >= 4 is 12.6 Å². The van der Waals surface area contributed by atoms with Crippen molar-refractivity contribution in [2.24, 2.45) is 5.92 Å². The summed E-state index contributed by atoms with van der Waals surface area (Å²) in [5, 5.41) is 0. The van der Waals surface area contributed by atoms with E-state index in [-0.39, 0.29) is 0 Å². The van der Waals surface area contributed by atoms with Crippen LogP contribution in [0.15, 0.2) is 23.2 Å². The molecule has 0 saturated carbocycles. The van der Waals surface area contributed by atoms with Gasteiger partial charge in [-0.25, -0.2) is 4.98 Å². The first-order chi connectivity index (χ1) is 5.68. The fourth-order valence-electron chi connectivity index (χ4n) is 0.710. The minimum Gasteiger partial charge on any atom is -0.477 e. The monoisotopic (exact) mass is 183 g/mol. The van der Waals surface area contributed by atoms with Crippen molar-refractivity contribution in [3.8, 4) is 5.88 Å². The highest BCUT2D eigenvalue weighted by molar-refractivity contribution is 7.80. The third-order valence-electron chi connectivity index (χ3n) is 1.29. The second-order valence-corrected chi connectivity index (χ2v) is 3.58. The molecular weight excluding hydrogens is 170 g/mol. The van der Waals surface area contributed by atoms with Gasteiger partial charge >= 0.3 is 0 Å². The van der Waals surface area contributed by atoms with Crippen molar-refractivity contribution < 1.29 is 4.74 Å². The van der Waals surface area contributed by atoms with Gasteiger partial charge in [-0.2, -0.15) is 0 Å². The Morgan fingerprint density at radius 3 is 2.75 bits per heavy atom. The van der Waals surface area contributed by atoms with Gasteiger partial charge in [0.25, 0.3) is 0 Å². The van der Waals surface area contributed by atoms with Gasteiger partial charge in [0, 0.05) is 17.2 Å². The van der Waals surface area contributed by atoms with Crippen LogP contribution in [-0.2, 0) is 0 Å². The average Bonchev–Trinajstić information content (AvgIpc) is 2.03. The molecule has 0 unspecified atom stereocenters. The molecule has 0 radical (unpaired) electrons. The van der Waals surface area contributed by atoms with Crippen LogP contribution in [0.25, 0.3) is 0 Å². The molecule has 0 N–H and O–H groups in total. The molecule has 12 heavy (non-hydrogen) atoms. The number of nitrogens with zero attached hydrogens (tertiary/aromatic N) is 1. The molecule has 1 aromatic rings. The van der Waals surface area contributed by atoms with Gasteiger partial charge in [0.05, 0.1) is 6.61 Å². The molecule has 0 aliphatic rings. The first kappa shape index (κ1) is 9.39. The van der Waals surface area contributed by atoms with E-state index in [0.717, 1.165) is 4.90 Å². The Balaban J connectivity index is 2.48. The topological polar surface area (TPSA) is 22.1 Å². The Morgan fingerprint density at radius 1 is 1.50 bits per heavy atom. The maximum absolute atomic E-state index is 5.38. The lowest BCUT2D eigenvalue weighted by atomic mass is 10.2. The van der Waals surface area contributed by atoms with E-state index in [4.69, 9.17) is 4.74 Å². The van der Waals surface area contributed by atoms with Crippen LogP contribution in [0.2, 0.25) is 0 Å². The van der Waals surface area contributed by atoms with E-state index < -0.39 is 0 Å². The quantitative estimate of drug-likeness (QED) is 0.727. The molecule has 0 aromatic carbocycles. The van der Waals surface area contributed by atoms with Crippen molar-refractivity contribution in [3.63, 3.8) is 0 Å². The Bertz CT molecular complexity index is 233. The zero-order valence-corrected chi connectivity index (χ0v) is 8.21. The van der Waals surface area contributed by atoms with Gasteiger partial charge in [0.15, 0.2) is 0 Å². The molecule has 0 bridgehead atoms. The Hall–Kier alpha value is -0.700. The summed E-state index contributed by atoms with van der Waals surface area (Å²) in [7, 11) is 0. The molecule has 0 fully saturated rings. The SMILES string of the molecule is CC(C)COc1ccc(S)cn1. The summed E-state index contributed by atoms with van der Waals surface area (Å²) >= 11 is 4.12. The number of hydrogen-bond donors (Lipinski definition) is 1. The first-order valence-corrected chi connectivity index (χ1v) is 4.41. The number of ether oxygens (including phenoxy) is 1. The molecule has 0 saturated heterocycles. The van der Waals surface area contributed by atoms with Crippen LogP contribution in [0.1, 0.15) is 13.8 Å². The molecule has 0 amide bonds. The summed E-state index contributed by atoms with van der Waals surface area (Å²) in [6, 6.07) is 3.69. The molecule has 2 nitrogen and oxygen atoms in total. The van der Waals surface area contributed by atoms with Crippen molar-refractivity contribution in [1.29, 1.82) is 0 Å². The highest BCUT2D eigenvalue weighted by atomic mass is 32.1. The molecule has 66 valence electrons. The lowest BCUT2D eigenvalue weighted by Gasteiger charge is -2.06. The Labute approximate surface area is 78.4 Å². The minimum atomic E-state index is 0.530. The van der Waals surface area contributed by atoms with Gasteiger partial charge in [0.2, 0.25) is 5.88 Å². The van der Waals surface area contributed by atoms with Gasteiger partial charge in [-0.3, -0.25) is 0 Å². The zero-order valence-electron chi connectivity index (χ0n) is 7.32. The van der Waals surface area contributed by atoms with Crippen LogP contribution in [0.3, 0.4) is 0 Å². The molecule has 0 spiro atoms. The van der Waals surface area contributed by atoms with E-state index in [9.17, 15) is 0 Å². The highest BCUT2D eigenvalue weighted by Gasteiger charge is 1.96. The first-order valence-electron chi connectivity index (χ1n) is 3.96. The van der Waals surface area contributed by atoms with E-state index >= 15 is 0 Å². The van der Waals surface area contributed by atoms with Crippen molar-refractivity contribution in [2.45, 2.75) is 18.7 Å². The number of aromatic nitrogens is 1. The number of hydrogen-bond acceptors (Lipinski definition) is 3. The highest BCUT2D eigenvalue weighted by Crippen LogP contribution is 2.10. The summed E-state index contributed by atoms with van der Waals surface area (Å²) in [6.07, 6.45) is 1.68. The lowest BCUT2D eigenvalue weighted by Crippen LogP contribution is -2.05. The molecule has 0 atom stereocenters. The van der Waals surface area contributed by atoms with Crippen LogP contribution in [-0.4, -0.2) is 11.6 Å². The van der Waals surface area contributed by atoms with Crippen LogP contribution in [0, 0.1) is 5.92 Å². The molecule has 3 heteroatoms. The molecule has 0 aliphatic carbocycles. The maximum atomic E-state index is 5.38. The van der Waals surface area contributed by atoms with Gasteiger partial charge in [-0.05, 0) is 12.0 Å².